The fourth-order valence-electron chi connectivity index (χ4n) is 10.5. The fourth-order valence-corrected chi connectivity index (χ4v) is 14.7. The van der Waals surface area contributed by atoms with E-state index in [4.69, 9.17) is 0 Å². The minimum Gasteiger partial charge on any atom is -0.309 e. The lowest BCUT2D eigenvalue weighted by Crippen LogP contribution is -2.12. The van der Waals surface area contributed by atoms with Crippen molar-refractivity contribution in [3.05, 3.63) is 236 Å². The number of benzene rings is 11. The second-order valence-electron chi connectivity index (χ2n) is 17.5. The molecular weight excluding hydrogens is 791 g/mol. The second kappa shape index (κ2) is 15.2. The van der Waals surface area contributed by atoms with E-state index in [1.54, 1.807) is 0 Å². The van der Waals surface area contributed by atoms with Gasteiger partial charge in [0.1, 0.15) is 0 Å². The van der Waals surface area contributed by atoms with Crippen molar-refractivity contribution >= 4 is 70.2 Å². The average Bonchev–Trinajstić information content (AvgIpc) is 3.63. The molecule has 0 N–H and O–H groups in total. The number of hydrogen-bond acceptors (Lipinski definition) is 1. The number of rotatable bonds is 7. The Hall–Kier alpha value is -7.39. The molecule has 0 spiro atoms. The summed E-state index contributed by atoms with van der Waals surface area (Å²) < 4.78 is 0. The van der Waals surface area contributed by atoms with Crippen LogP contribution in [0.15, 0.2) is 244 Å². The highest BCUT2D eigenvalue weighted by Crippen LogP contribution is 2.80. The van der Waals surface area contributed by atoms with Gasteiger partial charge in [-0.05, 0) is 151 Å². The SMILES string of the molecule is Cc1cccc(N(c2ccc(C(C)C)cc2)c2c3ccccc3c(-c3ccc4c(c3)-c3cc5ccc6ccccc6c5cc3S4(c3ccccc3)c3ccccc3)c3ccccc23)c1. The summed E-state index contributed by atoms with van der Waals surface area (Å²) >= 11 is 0. The maximum Gasteiger partial charge on any atom is 0.0618 e. The number of fused-ring (bicyclic) bond motifs is 8. The fraction of sp³-hybridized carbons (Fsp3) is 0.0645. The van der Waals surface area contributed by atoms with E-state index in [-0.39, 0.29) is 0 Å². The number of anilines is 3. The van der Waals surface area contributed by atoms with Crippen LogP contribution in [-0.4, -0.2) is 0 Å². The maximum absolute atomic E-state index is 2.55. The minimum atomic E-state index is -1.88. The third-order valence-corrected chi connectivity index (χ3v) is 17.4. The molecule has 0 amide bonds. The zero-order valence-electron chi connectivity index (χ0n) is 36.3. The molecule has 306 valence electrons. The summed E-state index contributed by atoms with van der Waals surface area (Å²) in [4.78, 5) is 7.99. The van der Waals surface area contributed by atoms with Crippen molar-refractivity contribution in [1.29, 1.82) is 0 Å². The van der Waals surface area contributed by atoms with Gasteiger partial charge < -0.3 is 4.90 Å². The van der Waals surface area contributed by atoms with Crippen LogP contribution in [0, 0.1) is 6.92 Å². The third kappa shape index (κ3) is 5.86. The largest absolute Gasteiger partial charge is 0.309 e. The molecule has 1 aliphatic rings. The van der Waals surface area contributed by atoms with Crippen LogP contribution >= 0.6 is 10.0 Å². The zero-order chi connectivity index (χ0) is 42.9. The van der Waals surface area contributed by atoms with Crippen molar-refractivity contribution in [2.24, 2.45) is 0 Å². The van der Waals surface area contributed by atoms with Crippen LogP contribution in [0.25, 0.3) is 65.3 Å². The van der Waals surface area contributed by atoms with Crippen molar-refractivity contribution in [2.75, 3.05) is 4.90 Å². The summed E-state index contributed by atoms with van der Waals surface area (Å²) in [5.74, 6) is 0.451. The topological polar surface area (TPSA) is 3.24 Å². The lowest BCUT2D eigenvalue weighted by Gasteiger charge is -2.39. The number of hydrogen-bond donors (Lipinski definition) is 0. The van der Waals surface area contributed by atoms with Crippen LogP contribution < -0.4 is 4.90 Å². The average molecular weight is 838 g/mol. The minimum absolute atomic E-state index is 0.451. The number of nitrogens with zero attached hydrogens (tertiary/aromatic N) is 1. The zero-order valence-corrected chi connectivity index (χ0v) is 37.1. The molecule has 11 aromatic rings. The highest BCUT2D eigenvalue weighted by Gasteiger charge is 2.42. The summed E-state index contributed by atoms with van der Waals surface area (Å²) in [5, 5.41) is 10.0. The standard InChI is InChI=1S/C62H47NS/c1-41(2)43-31-34-47(35-32-43)63(48-19-16-17-42(3)37-48)62-54-27-14-12-25-52(54)61(53-26-13-15-28-55(53)62)46-33-36-59-57(39-46)58-38-45-30-29-44-18-10-11-24-51(44)56(45)40-60(58)64(59,49-20-6-4-7-21-49)50-22-8-5-9-23-50/h4-41H,1-3H3. The predicted octanol–water partition coefficient (Wildman–Crippen LogP) is 18.2. The summed E-state index contributed by atoms with van der Waals surface area (Å²) in [6.45, 7) is 6.71. The highest BCUT2D eigenvalue weighted by molar-refractivity contribution is 8.34. The Kier molecular flexibility index (Phi) is 9.07. The van der Waals surface area contributed by atoms with Crippen LogP contribution in [0.5, 0.6) is 0 Å². The molecule has 0 fully saturated rings. The summed E-state index contributed by atoms with van der Waals surface area (Å²) in [6, 6.07) is 84.8. The Balaban J connectivity index is 1.16. The van der Waals surface area contributed by atoms with Crippen LogP contribution in [0.4, 0.5) is 17.1 Å². The van der Waals surface area contributed by atoms with E-state index in [0.29, 0.717) is 5.92 Å². The Morgan fingerprint density at radius 1 is 0.391 bits per heavy atom. The second-order valence-corrected chi connectivity index (χ2v) is 20.6. The highest BCUT2D eigenvalue weighted by atomic mass is 32.3. The first-order valence-electron chi connectivity index (χ1n) is 22.4. The van der Waals surface area contributed by atoms with Gasteiger partial charge in [-0.1, -0.05) is 166 Å². The van der Waals surface area contributed by atoms with Crippen molar-refractivity contribution < 1.29 is 0 Å². The normalized spacial score (nSPS) is 13.4. The van der Waals surface area contributed by atoms with Gasteiger partial charge in [0.05, 0.1) is 5.69 Å². The number of aryl methyl sites for hydroxylation is 1. The first kappa shape index (κ1) is 38.3. The van der Waals surface area contributed by atoms with E-state index in [1.165, 1.54) is 102 Å². The van der Waals surface area contributed by atoms with Gasteiger partial charge in [-0.15, -0.1) is 10.0 Å². The van der Waals surface area contributed by atoms with Gasteiger partial charge in [0.2, 0.25) is 0 Å². The summed E-state index contributed by atoms with van der Waals surface area (Å²) in [5.41, 5.74) is 11.2. The van der Waals surface area contributed by atoms with Gasteiger partial charge in [-0.3, -0.25) is 0 Å². The van der Waals surface area contributed by atoms with Crippen LogP contribution in [0.3, 0.4) is 0 Å². The van der Waals surface area contributed by atoms with Gasteiger partial charge in [-0.2, -0.15) is 0 Å². The molecule has 0 atom stereocenters. The Bertz CT molecular complexity index is 3490. The molecular formula is C62H47NS. The van der Waals surface area contributed by atoms with Crippen molar-refractivity contribution in [2.45, 2.75) is 46.3 Å². The Morgan fingerprint density at radius 2 is 0.969 bits per heavy atom. The van der Waals surface area contributed by atoms with E-state index in [2.05, 4.69) is 250 Å². The quantitative estimate of drug-likeness (QED) is 0.114. The van der Waals surface area contributed by atoms with E-state index < -0.39 is 10.0 Å². The Morgan fingerprint density at radius 3 is 1.61 bits per heavy atom. The molecule has 0 radical (unpaired) electrons. The molecule has 1 heterocycles. The van der Waals surface area contributed by atoms with E-state index in [9.17, 15) is 0 Å². The molecule has 11 aromatic carbocycles. The van der Waals surface area contributed by atoms with Crippen LogP contribution in [-0.2, 0) is 0 Å². The molecule has 2 heteroatoms. The molecule has 1 aliphatic heterocycles. The van der Waals surface area contributed by atoms with Gasteiger partial charge in [-0.25, -0.2) is 0 Å². The molecule has 0 aromatic heterocycles. The molecule has 0 bridgehead atoms. The van der Waals surface area contributed by atoms with Gasteiger partial charge in [0, 0.05) is 41.7 Å². The molecule has 0 saturated carbocycles. The molecule has 0 unspecified atom stereocenters. The van der Waals surface area contributed by atoms with Gasteiger partial charge in [0.15, 0.2) is 0 Å². The van der Waals surface area contributed by atoms with Crippen molar-refractivity contribution in [3.8, 4) is 22.3 Å². The lowest BCUT2D eigenvalue weighted by atomic mass is 9.88. The van der Waals surface area contributed by atoms with Crippen LogP contribution in [0.1, 0.15) is 30.9 Å². The molecule has 0 aliphatic carbocycles. The molecule has 0 saturated heterocycles. The van der Waals surface area contributed by atoms with E-state index in [0.717, 1.165) is 11.4 Å². The molecule has 1 nitrogen and oxygen atoms in total. The van der Waals surface area contributed by atoms with Crippen molar-refractivity contribution in [3.63, 3.8) is 0 Å². The van der Waals surface area contributed by atoms with Crippen LogP contribution in [0.2, 0.25) is 0 Å². The lowest BCUT2D eigenvalue weighted by molar-refractivity contribution is 0.866. The first-order chi connectivity index (χ1) is 31.5. The van der Waals surface area contributed by atoms with Gasteiger partial charge in [0.25, 0.3) is 0 Å². The summed E-state index contributed by atoms with van der Waals surface area (Å²) in [6.07, 6.45) is 0. The maximum atomic E-state index is 2.55. The van der Waals surface area contributed by atoms with E-state index >= 15 is 0 Å². The predicted molar refractivity (Wildman–Crippen MR) is 274 cm³/mol. The Labute approximate surface area is 377 Å². The monoisotopic (exact) mass is 837 g/mol. The first-order valence-corrected chi connectivity index (χ1v) is 24.1. The van der Waals surface area contributed by atoms with E-state index in [1.807, 2.05) is 0 Å². The molecule has 12 rings (SSSR count). The third-order valence-electron chi connectivity index (χ3n) is 13.5. The van der Waals surface area contributed by atoms with Crippen molar-refractivity contribution in [1.82, 2.24) is 0 Å². The van der Waals surface area contributed by atoms with Gasteiger partial charge >= 0.3 is 0 Å². The smallest absolute Gasteiger partial charge is 0.0618 e. The molecule has 64 heavy (non-hydrogen) atoms. The summed E-state index contributed by atoms with van der Waals surface area (Å²) in [7, 11) is -1.88.